The van der Waals surface area contributed by atoms with Gasteiger partial charge in [-0.3, -0.25) is 0 Å². The molecule has 0 saturated heterocycles. The molecule has 0 aliphatic carbocycles. The van der Waals surface area contributed by atoms with Crippen LogP contribution in [-0.4, -0.2) is 0 Å². The van der Waals surface area contributed by atoms with E-state index < -0.39 is 0 Å². The van der Waals surface area contributed by atoms with E-state index in [1.165, 1.54) is 12.1 Å². The summed E-state index contributed by atoms with van der Waals surface area (Å²) in [5, 5.41) is 0. The Hall–Kier alpha value is -3.65. The highest BCUT2D eigenvalue weighted by Crippen LogP contribution is 2.34. The first-order chi connectivity index (χ1) is 13.8. The lowest BCUT2D eigenvalue weighted by molar-refractivity contribution is 0.513. The zero-order valence-electron chi connectivity index (χ0n) is 15.3. The highest BCUT2D eigenvalue weighted by molar-refractivity contribution is 5.96. The van der Waals surface area contributed by atoms with Crippen LogP contribution in [0.3, 0.4) is 0 Å². The van der Waals surface area contributed by atoms with Crippen LogP contribution < -0.4 is 4.74 Å². The summed E-state index contributed by atoms with van der Waals surface area (Å²) < 4.78 is 19.7. The van der Waals surface area contributed by atoms with Gasteiger partial charge in [0.25, 0.3) is 0 Å². The third-order valence-electron chi connectivity index (χ3n) is 4.42. The summed E-state index contributed by atoms with van der Waals surface area (Å²) in [6, 6.07) is 36.4. The second-order valence-electron chi connectivity index (χ2n) is 6.36. The quantitative estimate of drug-likeness (QED) is 0.278. The molecule has 1 nitrogen and oxygen atoms in total. The first-order valence-electron chi connectivity index (χ1n) is 9.15. The van der Waals surface area contributed by atoms with Crippen molar-refractivity contribution in [1.82, 2.24) is 0 Å². The first-order valence-corrected chi connectivity index (χ1v) is 9.15. The van der Waals surface area contributed by atoms with Crippen molar-refractivity contribution in [3.63, 3.8) is 0 Å². The van der Waals surface area contributed by atoms with Crippen molar-refractivity contribution >= 4 is 11.3 Å². The van der Waals surface area contributed by atoms with Crippen LogP contribution >= 0.6 is 0 Å². The van der Waals surface area contributed by atoms with E-state index in [9.17, 15) is 4.39 Å². The van der Waals surface area contributed by atoms with Crippen LogP contribution in [0, 0.1) is 5.82 Å². The summed E-state index contributed by atoms with van der Waals surface area (Å²) >= 11 is 0. The fraction of sp³-hybridized carbons (Fsp3) is 0. The number of halogens is 1. The minimum atomic E-state index is -0.288. The van der Waals surface area contributed by atoms with Crippen molar-refractivity contribution in [2.24, 2.45) is 0 Å². The van der Waals surface area contributed by atoms with Gasteiger partial charge in [0.1, 0.15) is 17.3 Å². The molecule has 0 amide bonds. The molecule has 0 aliphatic rings. The van der Waals surface area contributed by atoms with E-state index in [-0.39, 0.29) is 5.82 Å². The maximum atomic E-state index is 13.4. The van der Waals surface area contributed by atoms with Crippen molar-refractivity contribution in [3.8, 4) is 5.75 Å². The number of ether oxygens (including phenoxy) is 1. The van der Waals surface area contributed by atoms with Gasteiger partial charge >= 0.3 is 0 Å². The van der Waals surface area contributed by atoms with Crippen molar-refractivity contribution in [2.75, 3.05) is 0 Å². The molecule has 0 bridgehead atoms. The Balaban J connectivity index is 1.96. The zero-order chi connectivity index (χ0) is 19.2. The molecule has 4 aromatic carbocycles. The molecule has 0 aliphatic heterocycles. The largest absolute Gasteiger partial charge is 0.456 e. The Morgan fingerprint density at radius 1 is 0.500 bits per heavy atom. The van der Waals surface area contributed by atoms with E-state index in [1.54, 1.807) is 12.1 Å². The van der Waals surface area contributed by atoms with Crippen LogP contribution in [0.4, 0.5) is 4.39 Å². The summed E-state index contributed by atoms with van der Waals surface area (Å²) in [6.45, 7) is 0. The summed E-state index contributed by atoms with van der Waals surface area (Å²) in [4.78, 5) is 0. The lowest BCUT2D eigenvalue weighted by atomic mass is 9.94. The van der Waals surface area contributed by atoms with Crippen LogP contribution in [-0.2, 0) is 0 Å². The van der Waals surface area contributed by atoms with E-state index in [0.717, 1.165) is 28.0 Å². The molecule has 0 fully saturated rings. The molecule has 0 N–H and O–H groups in total. The van der Waals surface area contributed by atoms with E-state index in [1.807, 2.05) is 66.7 Å². The minimum Gasteiger partial charge on any atom is -0.456 e. The molecule has 0 radical (unpaired) electrons. The summed E-state index contributed by atoms with van der Waals surface area (Å²) in [7, 11) is 0. The lowest BCUT2D eigenvalue weighted by Crippen LogP contribution is -2.02. The summed E-state index contributed by atoms with van der Waals surface area (Å²) in [5.74, 6) is 1.03. The molecule has 0 spiro atoms. The van der Waals surface area contributed by atoms with Gasteiger partial charge in [-0.05, 0) is 35.4 Å². The molecule has 0 unspecified atom stereocenters. The second-order valence-corrected chi connectivity index (χ2v) is 6.36. The Morgan fingerprint density at radius 3 is 1.39 bits per heavy atom. The number of hydrogen-bond donors (Lipinski definition) is 0. The average molecular weight is 366 g/mol. The second kappa shape index (κ2) is 8.36. The van der Waals surface area contributed by atoms with Gasteiger partial charge in [-0.1, -0.05) is 91.0 Å². The van der Waals surface area contributed by atoms with Gasteiger partial charge in [0, 0.05) is 11.1 Å². The molecular weight excluding hydrogens is 347 g/mol. The van der Waals surface area contributed by atoms with Crippen LogP contribution in [0.15, 0.2) is 115 Å². The van der Waals surface area contributed by atoms with Gasteiger partial charge in [0.15, 0.2) is 0 Å². The normalized spacial score (nSPS) is 10.3. The standard InChI is InChI=1S/C26H19FO/c27-23-16-18-24(19-17-23)28-26(22-14-8-3-9-15-22)25(20-10-4-1-5-11-20)21-12-6-2-7-13-21/h1-19H. The summed E-state index contributed by atoms with van der Waals surface area (Å²) in [5.41, 5.74) is 4.04. The number of hydrogen-bond acceptors (Lipinski definition) is 1. The molecule has 4 aromatic rings. The van der Waals surface area contributed by atoms with Gasteiger partial charge < -0.3 is 4.74 Å². The topological polar surface area (TPSA) is 9.23 Å². The zero-order valence-corrected chi connectivity index (χ0v) is 15.3. The predicted molar refractivity (Wildman–Crippen MR) is 112 cm³/mol. The van der Waals surface area contributed by atoms with Crippen molar-refractivity contribution in [2.45, 2.75) is 0 Å². The first kappa shape index (κ1) is 17.7. The van der Waals surface area contributed by atoms with Crippen molar-refractivity contribution in [3.05, 3.63) is 138 Å². The van der Waals surface area contributed by atoms with E-state index in [2.05, 4.69) is 24.3 Å². The van der Waals surface area contributed by atoms with Crippen molar-refractivity contribution in [1.29, 1.82) is 0 Å². The highest BCUT2D eigenvalue weighted by Gasteiger charge is 2.16. The Kier molecular flexibility index (Phi) is 5.30. The molecule has 4 rings (SSSR count). The molecular formula is C26H19FO. The molecule has 28 heavy (non-hydrogen) atoms. The molecule has 0 aromatic heterocycles. The molecule has 0 saturated carbocycles. The third-order valence-corrected chi connectivity index (χ3v) is 4.42. The van der Waals surface area contributed by atoms with E-state index in [4.69, 9.17) is 4.74 Å². The smallest absolute Gasteiger partial charge is 0.143 e. The Labute approximate surface area is 164 Å². The maximum absolute atomic E-state index is 13.4. The average Bonchev–Trinajstić information content (AvgIpc) is 2.77. The van der Waals surface area contributed by atoms with Crippen molar-refractivity contribution < 1.29 is 9.13 Å². The Morgan fingerprint density at radius 2 is 0.929 bits per heavy atom. The maximum Gasteiger partial charge on any atom is 0.143 e. The summed E-state index contributed by atoms with van der Waals surface area (Å²) in [6.07, 6.45) is 0. The Bertz CT molecular complexity index is 1010. The van der Waals surface area contributed by atoms with Crippen LogP contribution in [0.25, 0.3) is 11.3 Å². The van der Waals surface area contributed by atoms with Gasteiger partial charge in [-0.15, -0.1) is 0 Å². The molecule has 0 atom stereocenters. The van der Waals surface area contributed by atoms with E-state index >= 15 is 0 Å². The fourth-order valence-electron chi connectivity index (χ4n) is 3.10. The number of benzene rings is 4. The van der Waals surface area contributed by atoms with E-state index in [0.29, 0.717) is 5.75 Å². The van der Waals surface area contributed by atoms with Crippen LogP contribution in [0.5, 0.6) is 5.75 Å². The third kappa shape index (κ3) is 4.02. The molecule has 2 heteroatoms. The highest BCUT2D eigenvalue weighted by atomic mass is 19.1. The van der Waals surface area contributed by atoms with Gasteiger partial charge in [-0.2, -0.15) is 0 Å². The monoisotopic (exact) mass is 366 g/mol. The SMILES string of the molecule is Fc1ccc(OC(=C(c2ccccc2)c2ccccc2)c2ccccc2)cc1. The van der Waals surface area contributed by atoms with Crippen LogP contribution in [0.1, 0.15) is 16.7 Å². The lowest BCUT2D eigenvalue weighted by Gasteiger charge is -2.18. The van der Waals surface area contributed by atoms with Gasteiger partial charge in [0.2, 0.25) is 0 Å². The minimum absolute atomic E-state index is 0.288. The number of rotatable bonds is 5. The molecule has 136 valence electrons. The predicted octanol–water partition coefficient (Wildman–Crippen LogP) is 6.82. The fourth-order valence-corrected chi connectivity index (χ4v) is 3.10. The van der Waals surface area contributed by atoms with Gasteiger partial charge in [0.05, 0.1) is 0 Å². The van der Waals surface area contributed by atoms with Gasteiger partial charge in [-0.25, -0.2) is 4.39 Å². The molecule has 0 heterocycles. The van der Waals surface area contributed by atoms with Crippen LogP contribution in [0.2, 0.25) is 0 Å².